The van der Waals surface area contributed by atoms with Gasteiger partial charge in [-0.05, 0) is 64.7 Å². The number of pyridine rings is 1. The molecule has 55 heavy (non-hydrogen) atoms. The summed E-state index contributed by atoms with van der Waals surface area (Å²) in [4.78, 5) is 9.72. The quantitative estimate of drug-likeness (QED) is 0.118. The number of hydrogen-bond donors (Lipinski definition) is 0. The Hall–Kier alpha value is -5.39. The van der Waals surface area contributed by atoms with Crippen LogP contribution in [-0.4, -0.2) is 22.6 Å². The van der Waals surface area contributed by atoms with Crippen LogP contribution in [0.1, 0.15) is 19.4 Å². The van der Waals surface area contributed by atoms with Gasteiger partial charge >= 0.3 is 0 Å². The molecule has 0 atom stereocenters. The van der Waals surface area contributed by atoms with Crippen LogP contribution < -0.4 is 5.19 Å². The van der Waals surface area contributed by atoms with E-state index in [1.165, 1.54) is 21.9 Å². The van der Waals surface area contributed by atoms with Crippen molar-refractivity contribution in [1.29, 1.82) is 0 Å². The molecular weight excluding hydrogens is 867 g/mol. The maximum atomic E-state index is 6.32. The number of imidazole rings is 1. The molecule has 3 aromatic heterocycles. The number of para-hydroxylation sites is 3. The standard InChI is InChI=1S/C31H19N2O.C18H24NSi.Ir/c1-2-9-21(10-3-1)22-17-19-23(20-18-22)33-28-15-6-5-14-27(28)32-31(33)26-13-8-12-25-24-11-4-7-16-29(24)34-30(25)26;1-14(2)11-16-12-17(15-9-7-6-8-10-15)19-13-18(16)20(3,4)5;/h1-12,14-20H;6-9,12-14H,11H2,1-5H3;/q2*-1;. The van der Waals surface area contributed by atoms with E-state index in [2.05, 4.69) is 140 Å². The fraction of sp³-hybridized carbons (Fsp3) is 0.143. The van der Waals surface area contributed by atoms with Gasteiger partial charge in [-0.2, -0.15) is 0 Å². The zero-order valence-corrected chi connectivity index (χ0v) is 35.2. The van der Waals surface area contributed by atoms with Crippen molar-refractivity contribution >= 4 is 46.2 Å². The summed E-state index contributed by atoms with van der Waals surface area (Å²) in [7, 11) is -1.34. The first-order valence-corrected chi connectivity index (χ1v) is 22.2. The van der Waals surface area contributed by atoms with Gasteiger partial charge in [0.15, 0.2) is 0 Å². The second-order valence-electron chi connectivity index (χ2n) is 15.2. The molecular formula is C49H43IrN3OSi-2. The summed E-state index contributed by atoms with van der Waals surface area (Å²) in [6.07, 6.45) is 3.24. The minimum atomic E-state index is -1.34. The van der Waals surface area contributed by atoms with E-state index < -0.39 is 8.07 Å². The maximum Gasteiger partial charge on any atom is 0.120 e. The van der Waals surface area contributed by atoms with E-state index in [1.54, 1.807) is 0 Å². The summed E-state index contributed by atoms with van der Waals surface area (Å²) < 4.78 is 8.51. The second kappa shape index (κ2) is 16.1. The monoisotopic (exact) mass is 910 g/mol. The van der Waals surface area contributed by atoms with Gasteiger partial charge in [0.05, 0.1) is 30.5 Å². The molecule has 6 heteroatoms. The number of benzene rings is 6. The zero-order valence-electron chi connectivity index (χ0n) is 31.8. The fourth-order valence-electron chi connectivity index (χ4n) is 7.23. The molecule has 3 heterocycles. The van der Waals surface area contributed by atoms with Crippen LogP contribution in [0.15, 0.2) is 156 Å². The summed E-state index contributed by atoms with van der Waals surface area (Å²) in [5.41, 5.74) is 11.5. The summed E-state index contributed by atoms with van der Waals surface area (Å²) in [5, 5.41) is 3.66. The summed E-state index contributed by atoms with van der Waals surface area (Å²) in [6, 6.07) is 56.5. The fourth-order valence-corrected chi connectivity index (χ4v) is 8.82. The van der Waals surface area contributed by atoms with E-state index in [0.717, 1.165) is 67.7 Å². The van der Waals surface area contributed by atoms with E-state index >= 15 is 0 Å². The van der Waals surface area contributed by atoms with E-state index in [4.69, 9.17) is 9.40 Å². The SMILES string of the molecule is CC(C)Cc1cc(-c2[c-]cccc2)ncc1[Si](C)(C)C.[Ir].[c-]1ccc2c(oc3ccccc32)c1-c1nc2ccccc2n1-c1ccc(-c2ccccc2)cc1. The molecule has 0 unspecified atom stereocenters. The molecule has 0 aliphatic heterocycles. The molecule has 0 N–H and O–H groups in total. The van der Waals surface area contributed by atoms with Crippen molar-refractivity contribution in [2.24, 2.45) is 5.92 Å². The van der Waals surface area contributed by atoms with Gasteiger partial charge in [0.1, 0.15) is 5.58 Å². The molecule has 9 rings (SSSR count). The van der Waals surface area contributed by atoms with Crippen molar-refractivity contribution in [1.82, 2.24) is 14.5 Å². The van der Waals surface area contributed by atoms with E-state index in [9.17, 15) is 0 Å². The smallest absolute Gasteiger partial charge is 0.120 e. The molecule has 6 aromatic carbocycles. The van der Waals surface area contributed by atoms with E-state index in [0.29, 0.717) is 5.92 Å². The molecule has 4 nitrogen and oxygen atoms in total. The third kappa shape index (κ3) is 7.90. The van der Waals surface area contributed by atoms with Gasteiger partial charge in [0.2, 0.25) is 0 Å². The molecule has 275 valence electrons. The van der Waals surface area contributed by atoms with Crippen LogP contribution in [0.2, 0.25) is 19.6 Å². The third-order valence-corrected chi connectivity index (χ3v) is 11.8. The number of hydrogen-bond acceptors (Lipinski definition) is 3. The minimum absolute atomic E-state index is 0. The third-order valence-electron chi connectivity index (χ3n) is 9.77. The molecule has 0 fully saturated rings. The van der Waals surface area contributed by atoms with E-state index in [-0.39, 0.29) is 20.1 Å². The molecule has 0 saturated heterocycles. The predicted molar refractivity (Wildman–Crippen MR) is 228 cm³/mol. The molecule has 0 aliphatic carbocycles. The molecule has 0 amide bonds. The van der Waals surface area contributed by atoms with Gasteiger partial charge in [-0.25, -0.2) is 0 Å². The van der Waals surface area contributed by atoms with Gasteiger partial charge in [-0.1, -0.05) is 129 Å². The Labute approximate surface area is 338 Å². The van der Waals surface area contributed by atoms with Gasteiger partial charge in [-0.3, -0.25) is 4.98 Å². The first-order chi connectivity index (χ1) is 26.2. The normalized spacial score (nSPS) is 11.5. The van der Waals surface area contributed by atoms with Crippen LogP contribution in [0, 0.1) is 18.1 Å². The van der Waals surface area contributed by atoms with Crippen molar-refractivity contribution in [2.75, 3.05) is 0 Å². The average Bonchev–Trinajstić information content (AvgIpc) is 3.77. The van der Waals surface area contributed by atoms with Crippen molar-refractivity contribution in [3.8, 4) is 39.5 Å². The van der Waals surface area contributed by atoms with E-state index in [1.807, 2.05) is 66.7 Å². The summed E-state index contributed by atoms with van der Waals surface area (Å²) in [5.74, 6) is 1.48. The van der Waals surface area contributed by atoms with Gasteiger partial charge < -0.3 is 14.0 Å². The van der Waals surface area contributed by atoms with Crippen molar-refractivity contribution in [2.45, 2.75) is 39.9 Å². The summed E-state index contributed by atoms with van der Waals surface area (Å²) in [6.45, 7) is 11.7. The van der Waals surface area contributed by atoms with Crippen LogP contribution in [0.4, 0.5) is 0 Å². The Kier molecular flexibility index (Phi) is 11.1. The Morgan fingerprint density at radius 2 is 1.42 bits per heavy atom. The Morgan fingerprint density at radius 1 is 0.709 bits per heavy atom. The summed E-state index contributed by atoms with van der Waals surface area (Å²) >= 11 is 0. The van der Waals surface area contributed by atoms with Crippen LogP contribution in [0.5, 0.6) is 0 Å². The topological polar surface area (TPSA) is 43.9 Å². The largest absolute Gasteiger partial charge is 0.501 e. The van der Waals surface area contributed by atoms with Crippen molar-refractivity contribution in [3.05, 3.63) is 169 Å². The van der Waals surface area contributed by atoms with Crippen LogP contribution in [0.3, 0.4) is 0 Å². The minimum Gasteiger partial charge on any atom is -0.501 e. The number of aromatic nitrogens is 3. The molecule has 0 aliphatic rings. The number of furan rings is 1. The molecule has 1 radical (unpaired) electrons. The maximum absolute atomic E-state index is 6.32. The van der Waals surface area contributed by atoms with Gasteiger partial charge in [-0.15, -0.1) is 54.1 Å². The van der Waals surface area contributed by atoms with Gasteiger partial charge in [0.25, 0.3) is 0 Å². The van der Waals surface area contributed by atoms with Crippen LogP contribution in [-0.2, 0) is 26.5 Å². The number of rotatable bonds is 7. The van der Waals surface area contributed by atoms with Gasteiger partial charge in [0, 0.05) is 37.4 Å². The Bertz CT molecular complexity index is 2690. The Balaban J connectivity index is 0.000000191. The van der Waals surface area contributed by atoms with Crippen molar-refractivity contribution in [3.63, 3.8) is 0 Å². The zero-order chi connectivity index (χ0) is 37.2. The van der Waals surface area contributed by atoms with Crippen LogP contribution in [0.25, 0.3) is 72.4 Å². The Morgan fingerprint density at radius 3 is 2.16 bits per heavy atom. The van der Waals surface area contributed by atoms with Crippen LogP contribution >= 0.6 is 0 Å². The predicted octanol–water partition coefficient (Wildman–Crippen LogP) is 12.3. The first kappa shape index (κ1) is 37.9. The second-order valence-corrected chi connectivity index (χ2v) is 20.3. The number of fused-ring (bicyclic) bond motifs is 4. The molecule has 0 spiro atoms. The molecule has 0 bridgehead atoms. The average molecular weight is 910 g/mol. The molecule has 0 saturated carbocycles. The van der Waals surface area contributed by atoms with Crippen molar-refractivity contribution < 1.29 is 24.5 Å². The first-order valence-electron chi connectivity index (χ1n) is 18.7. The number of nitrogens with zero attached hydrogens (tertiary/aromatic N) is 3. The molecule has 9 aromatic rings.